The quantitative estimate of drug-likeness (QED) is 0.351. The molecule has 5 heteroatoms. The SMILES string of the molecule is Cc1cc(O/C(C(=N)C2CCC2)=C(/N)I)cc(C)c1C#N. The van der Waals surface area contributed by atoms with Gasteiger partial charge in [-0.15, -0.1) is 0 Å². The molecule has 1 fully saturated rings. The summed E-state index contributed by atoms with van der Waals surface area (Å²) in [5.74, 6) is 1.33. The number of hydrogen-bond acceptors (Lipinski definition) is 4. The number of rotatable bonds is 4. The fourth-order valence-electron chi connectivity index (χ4n) is 2.39. The van der Waals surface area contributed by atoms with Crippen LogP contribution in [-0.4, -0.2) is 5.71 Å². The predicted octanol–water partition coefficient (Wildman–Crippen LogP) is 3.94. The molecule has 1 aliphatic carbocycles. The second-order valence-corrected chi connectivity index (χ2v) is 6.53. The molecule has 0 saturated heterocycles. The zero-order valence-electron chi connectivity index (χ0n) is 12.2. The molecule has 0 atom stereocenters. The lowest BCUT2D eigenvalue weighted by molar-refractivity contribution is 0.387. The fraction of sp³-hybridized carbons (Fsp3) is 0.375. The van der Waals surface area contributed by atoms with Crippen molar-refractivity contribution in [3.05, 3.63) is 38.3 Å². The van der Waals surface area contributed by atoms with Crippen LogP contribution in [0.3, 0.4) is 0 Å². The van der Waals surface area contributed by atoms with E-state index < -0.39 is 0 Å². The van der Waals surface area contributed by atoms with E-state index in [0.717, 1.165) is 30.4 Å². The lowest BCUT2D eigenvalue weighted by Gasteiger charge is -2.27. The van der Waals surface area contributed by atoms with E-state index in [1.807, 2.05) is 48.6 Å². The highest BCUT2D eigenvalue weighted by Crippen LogP contribution is 2.32. The molecule has 1 aliphatic rings. The molecular weight excluding hydrogens is 377 g/mol. The number of halogens is 1. The summed E-state index contributed by atoms with van der Waals surface area (Å²) in [6.45, 7) is 3.76. The van der Waals surface area contributed by atoms with Crippen molar-refractivity contribution >= 4 is 28.3 Å². The van der Waals surface area contributed by atoms with Crippen LogP contribution in [0.25, 0.3) is 0 Å². The molecule has 0 radical (unpaired) electrons. The van der Waals surface area contributed by atoms with Crippen molar-refractivity contribution in [2.45, 2.75) is 33.1 Å². The Balaban J connectivity index is 2.28. The van der Waals surface area contributed by atoms with Crippen molar-refractivity contribution in [1.29, 1.82) is 10.7 Å². The van der Waals surface area contributed by atoms with Crippen LogP contribution in [0, 0.1) is 36.5 Å². The molecule has 4 nitrogen and oxygen atoms in total. The van der Waals surface area contributed by atoms with E-state index in [0.29, 0.717) is 26.5 Å². The van der Waals surface area contributed by atoms with E-state index in [9.17, 15) is 0 Å². The molecule has 110 valence electrons. The number of benzene rings is 1. The Kier molecular flexibility index (Phi) is 4.88. The van der Waals surface area contributed by atoms with Crippen molar-refractivity contribution in [2.75, 3.05) is 0 Å². The number of nitrogens with zero attached hydrogens (tertiary/aromatic N) is 1. The summed E-state index contributed by atoms with van der Waals surface area (Å²) in [6, 6.07) is 5.83. The average Bonchev–Trinajstić information content (AvgIpc) is 2.33. The molecule has 0 unspecified atom stereocenters. The van der Waals surface area contributed by atoms with Crippen LogP contribution >= 0.6 is 22.6 Å². The fourth-order valence-corrected chi connectivity index (χ4v) is 2.79. The van der Waals surface area contributed by atoms with E-state index in [2.05, 4.69) is 6.07 Å². The summed E-state index contributed by atoms with van der Waals surface area (Å²) in [4.78, 5) is 0. The van der Waals surface area contributed by atoms with Gasteiger partial charge in [0.25, 0.3) is 0 Å². The van der Waals surface area contributed by atoms with E-state index >= 15 is 0 Å². The summed E-state index contributed by atoms with van der Waals surface area (Å²) in [7, 11) is 0. The standard InChI is InChI=1S/C16H18IN3O/c1-9-6-12(7-10(2)13(9)8-18)21-15(16(17)20)14(19)11-4-3-5-11/h6-7,11,19H,3-5,20H2,1-2H3/b16-15+,19-14?. The molecule has 3 N–H and O–H groups in total. The van der Waals surface area contributed by atoms with Crippen molar-refractivity contribution in [2.24, 2.45) is 11.7 Å². The van der Waals surface area contributed by atoms with E-state index in [4.69, 9.17) is 21.1 Å². The van der Waals surface area contributed by atoms with Gasteiger partial charge in [-0.05, 0) is 72.5 Å². The predicted molar refractivity (Wildman–Crippen MR) is 91.6 cm³/mol. The molecule has 21 heavy (non-hydrogen) atoms. The largest absolute Gasteiger partial charge is 0.453 e. The van der Waals surface area contributed by atoms with Crippen molar-refractivity contribution in [3.63, 3.8) is 0 Å². The Bertz CT molecular complexity index is 627. The monoisotopic (exact) mass is 395 g/mol. The molecule has 0 heterocycles. The van der Waals surface area contributed by atoms with Crippen molar-refractivity contribution in [3.8, 4) is 11.8 Å². The van der Waals surface area contributed by atoms with E-state index in [1.165, 1.54) is 0 Å². The van der Waals surface area contributed by atoms with Gasteiger partial charge in [-0.1, -0.05) is 6.42 Å². The van der Waals surface area contributed by atoms with Crippen LogP contribution in [-0.2, 0) is 0 Å². The van der Waals surface area contributed by atoms with Gasteiger partial charge in [0, 0.05) is 5.92 Å². The van der Waals surface area contributed by atoms with Crippen LogP contribution in [0.5, 0.6) is 5.75 Å². The number of nitriles is 1. The Labute approximate surface area is 138 Å². The number of nitrogens with one attached hydrogen (secondary N) is 1. The van der Waals surface area contributed by atoms with Crippen LogP contribution in [0.4, 0.5) is 0 Å². The Morgan fingerprint density at radius 3 is 2.33 bits per heavy atom. The first-order chi connectivity index (χ1) is 9.93. The maximum Gasteiger partial charge on any atom is 0.177 e. The number of ether oxygens (including phenoxy) is 1. The highest BCUT2D eigenvalue weighted by Gasteiger charge is 2.27. The van der Waals surface area contributed by atoms with Gasteiger partial charge in [0.2, 0.25) is 0 Å². The smallest absolute Gasteiger partial charge is 0.177 e. The third kappa shape index (κ3) is 3.38. The molecule has 0 amide bonds. The summed E-state index contributed by atoms with van der Waals surface area (Å²) in [5.41, 5.74) is 8.77. The Morgan fingerprint density at radius 2 is 1.95 bits per heavy atom. The van der Waals surface area contributed by atoms with Crippen molar-refractivity contribution in [1.82, 2.24) is 0 Å². The number of allylic oxidation sites excluding steroid dienone is 1. The minimum atomic E-state index is 0.258. The molecule has 1 saturated carbocycles. The molecule has 1 aromatic carbocycles. The van der Waals surface area contributed by atoms with Crippen LogP contribution in [0.2, 0.25) is 0 Å². The third-order valence-corrected chi connectivity index (χ3v) is 4.30. The highest BCUT2D eigenvalue weighted by molar-refractivity contribution is 14.1. The van der Waals surface area contributed by atoms with Crippen LogP contribution < -0.4 is 10.5 Å². The second kappa shape index (κ2) is 6.48. The number of nitrogens with two attached hydrogens (primary N) is 1. The third-order valence-electron chi connectivity index (χ3n) is 3.81. The van der Waals surface area contributed by atoms with Gasteiger partial charge >= 0.3 is 0 Å². The highest BCUT2D eigenvalue weighted by atomic mass is 127. The Hall–Kier alpha value is -1.55. The minimum Gasteiger partial charge on any atom is -0.453 e. The summed E-state index contributed by atoms with van der Waals surface area (Å²) in [5, 5.41) is 17.4. The molecular formula is C16H18IN3O. The molecule has 1 aromatic rings. The molecule has 0 aromatic heterocycles. The van der Waals surface area contributed by atoms with Gasteiger partial charge in [0.05, 0.1) is 17.3 Å². The second-order valence-electron chi connectivity index (χ2n) is 5.36. The zero-order chi connectivity index (χ0) is 15.6. The summed E-state index contributed by atoms with van der Waals surface area (Å²) < 4.78 is 6.36. The van der Waals surface area contributed by atoms with Crippen LogP contribution in [0.15, 0.2) is 21.6 Å². The molecule has 2 rings (SSSR count). The van der Waals surface area contributed by atoms with Gasteiger partial charge in [-0.3, -0.25) is 0 Å². The topological polar surface area (TPSA) is 82.9 Å². The maximum absolute atomic E-state index is 9.11. The summed E-state index contributed by atoms with van der Waals surface area (Å²) >= 11 is 1.99. The van der Waals surface area contributed by atoms with Gasteiger partial charge in [0.15, 0.2) is 5.76 Å². The van der Waals surface area contributed by atoms with Crippen molar-refractivity contribution < 1.29 is 4.74 Å². The molecule has 0 spiro atoms. The normalized spacial score (nSPS) is 15.7. The summed E-state index contributed by atoms with van der Waals surface area (Å²) in [6.07, 6.45) is 3.22. The molecule has 0 bridgehead atoms. The number of aryl methyl sites for hydroxylation is 2. The first-order valence-corrected chi connectivity index (χ1v) is 7.95. The van der Waals surface area contributed by atoms with E-state index in [-0.39, 0.29) is 5.92 Å². The molecule has 0 aliphatic heterocycles. The lowest BCUT2D eigenvalue weighted by atomic mass is 9.81. The van der Waals surface area contributed by atoms with Gasteiger partial charge in [-0.2, -0.15) is 5.26 Å². The van der Waals surface area contributed by atoms with E-state index in [1.54, 1.807) is 0 Å². The van der Waals surface area contributed by atoms with Gasteiger partial charge < -0.3 is 15.9 Å². The first-order valence-electron chi connectivity index (χ1n) is 6.87. The maximum atomic E-state index is 9.11. The lowest BCUT2D eigenvalue weighted by Crippen LogP contribution is -2.26. The minimum absolute atomic E-state index is 0.258. The van der Waals surface area contributed by atoms with Gasteiger partial charge in [0.1, 0.15) is 9.45 Å². The Morgan fingerprint density at radius 1 is 1.38 bits per heavy atom. The van der Waals surface area contributed by atoms with Gasteiger partial charge in [-0.25, -0.2) is 0 Å². The van der Waals surface area contributed by atoms with Crippen LogP contribution in [0.1, 0.15) is 36.0 Å². The average molecular weight is 395 g/mol. The zero-order valence-corrected chi connectivity index (χ0v) is 14.3. The first kappa shape index (κ1) is 15.8. The number of hydrogen-bond donors (Lipinski definition) is 2.